The van der Waals surface area contributed by atoms with Gasteiger partial charge in [-0.3, -0.25) is 0 Å². The van der Waals surface area contributed by atoms with Gasteiger partial charge in [0.2, 0.25) is 0 Å². The summed E-state index contributed by atoms with van der Waals surface area (Å²) in [5.74, 6) is 0. The van der Waals surface area contributed by atoms with Crippen molar-refractivity contribution in [2.24, 2.45) is 0 Å². The Labute approximate surface area is 120 Å². The Morgan fingerprint density at radius 3 is 1.75 bits per heavy atom. The maximum absolute atomic E-state index is 10.4. The van der Waals surface area contributed by atoms with Gasteiger partial charge >= 0.3 is 0 Å². The molecular weight excluding hydrogens is 246 g/mol. The molecule has 1 fully saturated rings. The molecule has 0 spiro atoms. The van der Waals surface area contributed by atoms with Gasteiger partial charge in [-0.1, -0.05) is 49.2 Å². The van der Waals surface area contributed by atoms with Crippen LogP contribution in [0.5, 0.6) is 0 Å². The minimum absolute atomic E-state index is 0.175. The molecule has 2 aromatic rings. The molecule has 104 valence electrons. The third kappa shape index (κ3) is 2.70. The van der Waals surface area contributed by atoms with Crippen molar-refractivity contribution < 1.29 is 5.11 Å². The van der Waals surface area contributed by atoms with E-state index in [-0.39, 0.29) is 12.1 Å². The fraction of sp³-hybridized carbons (Fsp3) is 0.333. The molecular formula is C18H21NO. The van der Waals surface area contributed by atoms with E-state index in [0.29, 0.717) is 0 Å². The van der Waals surface area contributed by atoms with Crippen LogP contribution in [0, 0.1) is 0 Å². The van der Waals surface area contributed by atoms with Crippen LogP contribution in [0.25, 0.3) is 0 Å². The van der Waals surface area contributed by atoms with Crippen LogP contribution in [-0.2, 0) is 0 Å². The molecule has 0 aromatic heterocycles. The number of rotatable bonds is 3. The Morgan fingerprint density at radius 1 is 0.750 bits per heavy atom. The van der Waals surface area contributed by atoms with E-state index in [9.17, 15) is 5.11 Å². The van der Waals surface area contributed by atoms with E-state index in [2.05, 4.69) is 53.4 Å². The quantitative estimate of drug-likeness (QED) is 0.904. The lowest BCUT2D eigenvalue weighted by molar-refractivity contribution is 0.108. The van der Waals surface area contributed by atoms with Crippen LogP contribution in [0.15, 0.2) is 60.7 Å². The molecule has 20 heavy (non-hydrogen) atoms. The van der Waals surface area contributed by atoms with Crippen LogP contribution >= 0.6 is 0 Å². The summed E-state index contributed by atoms with van der Waals surface area (Å²) in [6, 6.07) is 20.9. The number of nitrogens with zero attached hydrogens (tertiary/aromatic N) is 1. The molecule has 0 bridgehead atoms. The summed E-state index contributed by atoms with van der Waals surface area (Å²) < 4.78 is 0. The Hall–Kier alpha value is -1.80. The summed E-state index contributed by atoms with van der Waals surface area (Å²) >= 11 is 0. The van der Waals surface area contributed by atoms with Gasteiger partial charge in [0.05, 0.1) is 12.1 Å². The summed E-state index contributed by atoms with van der Waals surface area (Å²) in [6.45, 7) is 0. The van der Waals surface area contributed by atoms with Gasteiger partial charge in [0.25, 0.3) is 0 Å². The second kappa shape index (κ2) is 6.10. The minimum atomic E-state index is -0.246. The second-order valence-corrected chi connectivity index (χ2v) is 5.46. The average molecular weight is 267 g/mol. The van der Waals surface area contributed by atoms with Gasteiger partial charge in [-0.15, -0.1) is 0 Å². The van der Waals surface area contributed by atoms with Crippen LogP contribution < -0.4 is 4.90 Å². The van der Waals surface area contributed by atoms with E-state index in [4.69, 9.17) is 0 Å². The van der Waals surface area contributed by atoms with Crippen LogP contribution in [0.4, 0.5) is 11.4 Å². The van der Waals surface area contributed by atoms with E-state index in [1.165, 1.54) is 6.42 Å². The van der Waals surface area contributed by atoms with Crippen molar-refractivity contribution >= 4 is 11.4 Å². The standard InChI is InChI=1S/C18H21NO/c20-18-14-8-7-13-17(18)19(15-9-3-1-4-10-15)16-11-5-2-6-12-16/h1-6,9-12,17-18,20H,7-8,13-14H2. The smallest absolute Gasteiger partial charge is 0.0747 e. The molecule has 0 heterocycles. The van der Waals surface area contributed by atoms with E-state index in [0.717, 1.165) is 30.6 Å². The summed E-state index contributed by atoms with van der Waals surface area (Å²) in [7, 11) is 0. The first-order chi connectivity index (χ1) is 9.86. The van der Waals surface area contributed by atoms with E-state index < -0.39 is 0 Å². The van der Waals surface area contributed by atoms with Crippen LogP contribution in [0.1, 0.15) is 25.7 Å². The number of para-hydroxylation sites is 2. The first kappa shape index (κ1) is 13.2. The topological polar surface area (TPSA) is 23.5 Å². The molecule has 0 saturated heterocycles. The van der Waals surface area contributed by atoms with Crippen molar-refractivity contribution in [3.8, 4) is 0 Å². The summed E-state index contributed by atoms with van der Waals surface area (Å²) in [4.78, 5) is 2.30. The number of aliphatic hydroxyl groups excluding tert-OH is 1. The molecule has 3 rings (SSSR count). The van der Waals surface area contributed by atoms with Crippen LogP contribution in [-0.4, -0.2) is 17.3 Å². The number of benzene rings is 2. The number of hydrogen-bond acceptors (Lipinski definition) is 2. The van der Waals surface area contributed by atoms with Crippen molar-refractivity contribution in [2.45, 2.75) is 37.8 Å². The largest absolute Gasteiger partial charge is 0.391 e. The lowest BCUT2D eigenvalue weighted by Gasteiger charge is -2.39. The highest BCUT2D eigenvalue weighted by Crippen LogP contribution is 2.34. The monoisotopic (exact) mass is 267 g/mol. The lowest BCUT2D eigenvalue weighted by Crippen LogP contribution is -2.43. The molecule has 0 radical (unpaired) electrons. The van der Waals surface area contributed by atoms with Gasteiger partial charge in [-0.2, -0.15) is 0 Å². The zero-order chi connectivity index (χ0) is 13.8. The van der Waals surface area contributed by atoms with Gasteiger partial charge in [0.15, 0.2) is 0 Å². The van der Waals surface area contributed by atoms with Gasteiger partial charge in [0, 0.05) is 11.4 Å². The average Bonchev–Trinajstić information content (AvgIpc) is 2.52. The Morgan fingerprint density at radius 2 is 1.25 bits per heavy atom. The number of aliphatic hydroxyl groups is 1. The zero-order valence-corrected chi connectivity index (χ0v) is 11.7. The summed E-state index contributed by atoms with van der Waals surface area (Å²) in [5.41, 5.74) is 2.31. The van der Waals surface area contributed by atoms with Crippen molar-refractivity contribution in [3.05, 3.63) is 60.7 Å². The Balaban J connectivity index is 1.99. The maximum atomic E-state index is 10.4. The normalized spacial score (nSPS) is 22.4. The van der Waals surface area contributed by atoms with Crippen molar-refractivity contribution in [1.29, 1.82) is 0 Å². The lowest BCUT2D eigenvalue weighted by atomic mass is 9.90. The fourth-order valence-electron chi connectivity index (χ4n) is 3.10. The predicted octanol–water partition coefficient (Wildman–Crippen LogP) is 4.13. The first-order valence-corrected chi connectivity index (χ1v) is 7.43. The third-order valence-electron chi connectivity index (χ3n) is 4.09. The van der Waals surface area contributed by atoms with Crippen molar-refractivity contribution in [2.75, 3.05) is 4.90 Å². The minimum Gasteiger partial charge on any atom is -0.391 e. The zero-order valence-electron chi connectivity index (χ0n) is 11.7. The molecule has 1 aliphatic rings. The molecule has 0 aliphatic heterocycles. The summed E-state index contributed by atoms with van der Waals surface area (Å²) in [6.07, 6.45) is 4.03. The van der Waals surface area contributed by atoms with Crippen molar-refractivity contribution in [3.63, 3.8) is 0 Å². The molecule has 1 aliphatic carbocycles. The van der Waals surface area contributed by atoms with Crippen LogP contribution in [0.3, 0.4) is 0 Å². The predicted molar refractivity (Wildman–Crippen MR) is 83.3 cm³/mol. The highest BCUT2D eigenvalue weighted by atomic mass is 16.3. The molecule has 1 N–H and O–H groups in total. The first-order valence-electron chi connectivity index (χ1n) is 7.43. The molecule has 1 saturated carbocycles. The molecule has 2 nitrogen and oxygen atoms in total. The van der Waals surface area contributed by atoms with Gasteiger partial charge in [-0.25, -0.2) is 0 Å². The van der Waals surface area contributed by atoms with E-state index in [1.807, 2.05) is 12.1 Å². The SMILES string of the molecule is OC1CCCCC1N(c1ccccc1)c1ccccc1. The highest BCUT2D eigenvalue weighted by Gasteiger charge is 2.29. The molecule has 2 atom stereocenters. The van der Waals surface area contributed by atoms with Gasteiger partial charge < -0.3 is 10.0 Å². The Kier molecular flexibility index (Phi) is 4.03. The Bertz CT molecular complexity index is 486. The fourth-order valence-corrected chi connectivity index (χ4v) is 3.10. The maximum Gasteiger partial charge on any atom is 0.0747 e. The highest BCUT2D eigenvalue weighted by molar-refractivity contribution is 5.64. The van der Waals surface area contributed by atoms with E-state index in [1.54, 1.807) is 0 Å². The van der Waals surface area contributed by atoms with Crippen molar-refractivity contribution in [1.82, 2.24) is 0 Å². The third-order valence-corrected chi connectivity index (χ3v) is 4.09. The number of anilines is 2. The van der Waals surface area contributed by atoms with Crippen LogP contribution in [0.2, 0.25) is 0 Å². The van der Waals surface area contributed by atoms with Gasteiger partial charge in [-0.05, 0) is 37.1 Å². The summed E-state index contributed by atoms with van der Waals surface area (Å²) in [5, 5.41) is 10.4. The molecule has 2 heteroatoms. The number of hydrogen-bond donors (Lipinski definition) is 1. The van der Waals surface area contributed by atoms with Gasteiger partial charge in [0.1, 0.15) is 0 Å². The molecule has 2 unspecified atom stereocenters. The van der Waals surface area contributed by atoms with E-state index >= 15 is 0 Å². The molecule has 2 aromatic carbocycles. The second-order valence-electron chi connectivity index (χ2n) is 5.46. The molecule has 0 amide bonds.